The van der Waals surface area contributed by atoms with Crippen molar-refractivity contribution in [3.63, 3.8) is 0 Å². The Balaban J connectivity index is 3.52. The number of aliphatic hydroxyl groups is 1. The zero-order valence-electron chi connectivity index (χ0n) is 39.9. The highest BCUT2D eigenvalue weighted by molar-refractivity contribution is 5.69. The lowest BCUT2D eigenvalue weighted by Gasteiger charge is -2.15. The van der Waals surface area contributed by atoms with Gasteiger partial charge in [-0.15, -0.1) is 0 Å². The minimum absolute atomic E-state index is 0.187. The van der Waals surface area contributed by atoms with Gasteiger partial charge in [-0.2, -0.15) is 0 Å². The summed E-state index contributed by atoms with van der Waals surface area (Å²) in [6, 6.07) is 0. The van der Waals surface area contributed by atoms with Gasteiger partial charge in [-0.3, -0.25) is 4.79 Å². The van der Waals surface area contributed by atoms with Crippen LogP contribution in [0.25, 0.3) is 0 Å². The highest BCUT2D eigenvalue weighted by Crippen LogP contribution is 2.13. The summed E-state index contributed by atoms with van der Waals surface area (Å²) in [5.74, 6) is -0.220. The van der Waals surface area contributed by atoms with E-state index in [9.17, 15) is 9.90 Å². The largest absolute Gasteiger partial charge is 0.457 e. The van der Waals surface area contributed by atoms with Gasteiger partial charge >= 0.3 is 5.97 Å². The van der Waals surface area contributed by atoms with Crippen molar-refractivity contribution in [1.29, 1.82) is 0 Å². The molecule has 0 radical (unpaired) electrons. The van der Waals surface area contributed by atoms with Crippen molar-refractivity contribution in [2.45, 2.75) is 225 Å². The van der Waals surface area contributed by atoms with Crippen LogP contribution >= 0.6 is 0 Å². The van der Waals surface area contributed by atoms with Crippen molar-refractivity contribution in [2.75, 3.05) is 19.8 Å². The van der Waals surface area contributed by atoms with Crippen molar-refractivity contribution < 1.29 is 19.4 Å². The van der Waals surface area contributed by atoms with Crippen LogP contribution in [-0.4, -0.2) is 37.0 Å². The highest BCUT2D eigenvalue weighted by Gasteiger charge is 2.13. The summed E-state index contributed by atoms with van der Waals surface area (Å²) in [4.78, 5) is 12.3. The maximum absolute atomic E-state index is 12.3. The van der Waals surface area contributed by atoms with Gasteiger partial charge < -0.3 is 14.6 Å². The second kappa shape index (κ2) is 53.2. The summed E-state index contributed by atoms with van der Waals surface area (Å²) in [5.41, 5.74) is 0. The molecule has 1 unspecified atom stereocenters. The molecule has 4 heteroatoms. The molecule has 0 heterocycles. The monoisotopic (exact) mass is 845 g/mol. The SMILES string of the molecule is CC/C=C\C/C=C\C/C=C\C/C=C\C/C=C\C/C=C\CCCCCCCCC(=O)OC(CO)COCCCCCCCCCCC/C=C\C/C=C\C/C=C\CCCCCCC. The number of aliphatic hydroxyl groups excluding tert-OH is 1. The average Bonchev–Trinajstić information content (AvgIpc) is 3.27. The Morgan fingerprint density at radius 1 is 0.410 bits per heavy atom. The number of esters is 1. The van der Waals surface area contributed by atoms with Gasteiger partial charge in [0.05, 0.1) is 13.2 Å². The third-order valence-electron chi connectivity index (χ3n) is 10.6. The Labute approximate surface area is 378 Å². The van der Waals surface area contributed by atoms with E-state index in [0.717, 1.165) is 83.5 Å². The molecule has 0 aliphatic carbocycles. The number of allylic oxidation sites excluding steroid dienone is 18. The zero-order valence-corrected chi connectivity index (χ0v) is 39.9. The second-order valence-electron chi connectivity index (χ2n) is 16.5. The molecule has 0 amide bonds. The number of rotatable bonds is 46. The van der Waals surface area contributed by atoms with Crippen LogP contribution in [0.3, 0.4) is 0 Å². The van der Waals surface area contributed by atoms with Crippen LogP contribution < -0.4 is 0 Å². The van der Waals surface area contributed by atoms with E-state index in [1.807, 2.05) is 0 Å². The van der Waals surface area contributed by atoms with Gasteiger partial charge in [0.25, 0.3) is 0 Å². The number of hydrogen-bond donors (Lipinski definition) is 1. The van der Waals surface area contributed by atoms with Gasteiger partial charge in [-0.25, -0.2) is 0 Å². The quantitative estimate of drug-likeness (QED) is 0.0377. The predicted octanol–water partition coefficient (Wildman–Crippen LogP) is 17.4. The van der Waals surface area contributed by atoms with E-state index in [4.69, 9.17) is 9.47 Å². The fraction of sp³-hybridized carbons (Fsp3) is 0.667. The van der Waals surface area contributed by atoms with E-state index >= 15 is 0 Å². The fourth-order valence-corrected chi connectivity index (χ4v) is 6.81. The molecule has 348 valence electrons. The maximum atomic E-state index is 12.3. The summed E-state index contributed by atoms with van der Waals surface area (Å²) in [5, 5.41) is 9.65. The Morgan fingerprint density at radius 2 is 0.738 bits per heavy atom. The lowest BCUT2D eigenvalue weighted by Crippen LogP contribution is -2.27. The van der Waals surface area contributed by atoms with Gasteiger partial charge in [0.1, 0.15) is 6.10 Å². The molecule has 4 nitrogen and oxygen atoms in total. The average molecular weight is 845 g/mol. The lowest BCUT2D eigenvalue weighted by molar-refractivity contribution is -0.154. The summed E-state index contributed by atoms with van der Waals surface area (Å²) >= 11 is 0. The summed E-state index contributed by atoms with van der Waals surface area (Å²) in [6.45, 7) is 5.19. The van der Waals surface area contributed by atoms with Crippen molar-refractivity contribution >= 4 is 5.97 Å². The first-order valence-electron chi connectivity index (χ1n) is 25.5. The molecule has 0 spiro atoms. The van der Waals surface area contributed by atoms with Crippen LogP contribution in [0.5, 0.6) is 0 Å². The second-order valence-corrected chi connectivity index (χ2v) is 16.5. The molecule has 0 aromatic carbocycles. The van der Waals surface area contributed by atoms with E-state index < -0.39 is 6.10 Å². The molecule has 0 bridgehead atoms. The van der Waals surface area contributed by atoms with Gasteiger partial charge in [0.15, 0.2) is 0 Å². The number of unbranched alkanes of at least 4 members (excludes halogenated alkanes) is 20. The van der Waals surface area contributed by atoms with E-state index in [2.05, 4.69) is 123 Å². The highest BCUT2D eigenvalue weighted by atomic mass is 16.6. The Kier molecular flexibility index (Phi) is 50.6. The number of carbonyl (C=O) groups excluding carboxylic acids is 1. The van der Waals surface area contributed by atoms with Crippen molar-refractivity contribution in [1.82, 2.24) is 0 Å². The molecule has 0 aliphatic heterocycles. The third-order valence-corrected chi connectivity index (χ3v) is 10.6. The standard InChI is InChI=1S/C57H96O4/c1-3-5-7-9-11-13-15-17-19-21-23-25-27-29-30-32-34-36-38-40-42-44-46-48-50-52-57(59)61-56(54-58)55-60-53-51-49-47-45-43-41-39-37-35-33-31-28-26-24-22-20-18-16-14-12-10-8-6-4-2/h5,7,11,13,16-19,22-25,28-31,34,36,56,58H,3-4,6,8-10,12,14-15,20-21,26-27,32-33,35,37-55H2,1-2H3/b7-5-,13-11-,18-16-,19-17-,24-22-,25-23-,30-29-,31-28-,36-34-. The smallest absolute Gasteiger partial charge is 0.306 e. The zero-order chi connectivity index (χ0) is 44.0. The van der Waals surface area contributed by atoms with E-state index in [1.165, 1.54) is 116 Å². The molecule has 1 N–H and O–H groups in total. The summed E-state index contributed by atoms with van der Waals surface area (Å²) in [6.07, 6.45) is 77.4. The molecular weight excluding hydrogens is 749 g/mol. The Bertz CT molecular complexity index is 1170. The van der Waals surface area contributed by atoms with Crippen LogP contribution in [-0.2, 0) is 14.3 Å². The van der Waals surface area contributed by atoms with Crippen LogP contribution in [0, 0.1) is 0 Å². The predicted molar refractivity (Wildman–Crippen MR) is 269 cm³/mol. The van der Waals surface area contributed by atoms with E-state index in [1.54, 1.807) is 0 Å². The number of hydrogen-bond acceptors (Lipinski definition) is 4. The molecule has 0 fully saturated rings. The molecule has 0 aromatic rings. The van der Waals surface area contributed by atoms with Crippen molar-refractivity contribution in [3.8, 4) is 0 Å². The van der Waals surface area contributed by atoms with Gasteiger partial charge in [-0.1, -0.05) is 220 Å². The molecule has 0 saturated heterocycles. The van der Waals surface area contributed by atoms with Crippen LogP contribution in [0.15, 0.2) is 109 Å². The molecular formula is C57H96O4. The number of carbonyl (C=O) groups is 1. The fourth-order valence-electron chi connectivity index (χ4n) is 6.81. The van der Waals surface area contributed by atoms with Crippen LogP contribution in [0.4, 0.5) is 0 Å². The topological polar surface area (TPSA) is 55.8 Å². The van der Waals surface area contributed by atoms with Crippen molar-refractivity contribution in [3.05, 3.63) is 109 Å². The lowest BCUT2D eigenvalue weighted by atomic mass is 10.1. The maximum Gasteiger partial charge on any atom is 0.306 e. The van der Waals surface area contributed by atoms with Gasteiger partial charge in [0.2, 0.25) is 0 Å². The molecule has 0 saturated carbocycles. The summed E-state index contributed by atoms with van der Waals surface area (Å²) < 4.78 is 11.2. The normalized spacial score (nSPS) is 13.3. The molecule has 0 aliphatic rings. The first kappa shape index (κ1) is 58.1. The Morgan fingerprint density at radius 3 is 1.11 bits per heavy atom. The first-order chi connectivity index (χ1) is 30.2. The third kappa shape index (κ3) is 51.3. The molecule has 0 aromatic heterocycles. The van der Waals surface area contributed by atoms with Crippen molar-refractivity contribution in [2.24, 2.45) is 0 Å². The Hall–Kier alpha value is -2.95. The summed E-state index contributed by atoms with van der Waals surface area (Å²) in [7, 11) is 0. The van der Waals surface area contributed by atoms with Crippen LogP contribution in [0.1, 0.15) is 219 Å². The van der Waals surface area contributed by atoms with Gasteiger partial charge in [0, 0.05) is 13.0 Å². The minimum atomic E-state index is -0.555. The molecule has 1 atom stereocenters. The minimum Gasteiger partial charge on any atom is -0.457 e. The van der Waals surface area contributed by atoms with Gasteiger partial charge in [-0.05, 0) is 103 Å². The number of ether oxygens (including phenoxy) is 2. The van der Waals surface area contributed by atoms with Crippen LogP contribution in [0.2, 0.25) is 0 Å². The van der Waals surface area contributed by atoms with E-state index in [0.29, 0.717) is 13.0 Å². The first-order valence-corrected chi connectivity index (χ1v) is 25.5. The molecule has 61 heavy (non-hydrogen) atoms. The molecule has 0 rings (SSSR count). The van der Waals surface area contributed by atoms with E-state index in [-0.39, 0.29) is 19.2 Å².